The molecule has 2 heterocycles. The number of fused-ring (bicyclic) bond motifs is 1. The maximum Gasteiger partial charge on any atom is 0.228 e. The van der Waals surface area contributed by atoms with Gasteiger partial charge in [-0.15, -0.1) is 0 Å². The molecule has 2 unspecified atom stereocenters. The summed E-state index contributed by atoms with van der Waals surface area (Å²) in [6.45, 7) is 1.76. The zero-order valence-electron chi connectivity index (χ0n) is 12.7. The molecule has 1 aliphatic rings. The summed E-state index contributed by atoms with van der Waals surface area (Å²) in [7, 11) is 0. The van der Waals surface area contributed by atoms with Crippen LogP contribution in [0.4, 0.5) is 5.69 Å². The minimum atomic E-state index is -1.13. The largest absolute Gasteiger partial charge is 0.384 e. The van der Waals surface area contributed by atoms with Crippen LogP contribution in [0.5, 0.6) is 0 Å². The number of nitrogens with one attached hydrogen (secondary N) is 2. The number of hydrogen-bond acceptors (Lipinski definition) is 4. The maximum atomic E-state index is 12.5. The van der Waals surface area contributed by atoms with Gasteiger partial charge in [0.05, 0.1) is 12.5 Å². The van der Waals surface area contributed by atoms with Gasteiger partial charge in [-0.3, -0.25) is 9.59 Å². The Balaban J connectivity index is 1.73. The first kappa shape index (κ1) is 15.7. The molecule has 3 N–H and O–H groups in total. The zero-order chi connectivity index (χ0) is 16.4. The quantitative estimate of drug-likeness (QED) is 0.804. The van der Waals surface area contributed by atoms with E-state index in [1.54, 1.807) is 13.0 Å². The molecule has 2 aromatic rings. The molecule has 2 atom stereocenters. The molecule has 120 valence electrons. The Kier molecular flexibility index (Phi) is 4.19. The summed E-state index contributed by atoms with van der Waals surface area (Å²) in [5, 5.41) is 19.8. The summed E-state index contributed by atoms with van der Waals surface area (Å²) in [6, 6.07) is 9.13. The van der Waals surface area contributed by atoms with Gasteiger partial charge in [-0.2, -0.15) is 11.3 Å². The van der Waals surface area contributed by atoms with E-state index in [1.165, 1.54) is 11.3 Å². The summed E-state index contributed by atoms with van der Waals surface area (Å²) in [5.41, 5.74) is 1.12. The smallest absolute Gasteiger partial charge is 0.228 e. The average Bonchev–Trinajstić information content (AvgIpc) is 3.07. The lowest BCUT2D eigenvalue weighted by atomic mass is 9.89. The van der Waals surface area contributed by atoms with E-state index in [0.717, 1.165) is 11.1 Å². The van der Waals surface area contributed by atoms with Crippen molar-refractivity contribution in [1.29, 1.82) is 0 Å². The van der Waals surface area contributed by atoms with Gasteiger partial charge in [-0.1, -0.05) is 18.2 Å². The summed E-state index contributed by atoms with van der Waals surface area (Å²) in [5.74, 6) is -0.950. The van der Waals surface area contributed by atoms with Gasteiger partial charge >= 0.3 is 0 Å². The topological polar surface area (TPSA) is 78.4 Å². The van der Waals surface area contributed by atoms with E-state index in [-0.39, 0.29) is 24.8 Å². The summed E-state index contributed by atoms with van der Waals surface area (Å²) < 4.78 is 0. The highest BCUT2D eigenvalue weighted by Gasteiger charge is 2.32. The molecule has 0 fully saturated rings. The number of benzene rings is 1. The van der Waals surface area contributed by atoms with Crippen molar-refractivity contribution in [2.45, 2.75) is 24.9 Å². The molecular weight excluding hydrogens is 312 g/mol. The van der Waals surface area contributed by atoms with Crippen LogP contribution in [-0.4, -0.2) is 23.5 Å². The predicted octanol–water partition coefficient (Wildman–Crippen LogP) is 2.20. The highest BCUT2D eigenvalue weighted by Crippen LogP contribution is 2.32. The number of para-hydroxylation sites is 1. The molecule has 6 heteroatoms. The van der Waals surface area contributed by atoms with Crippen molar-refractivity contribution in [3.8, 4) is 0 Å². The standard InChI is InChI=1S/C17H18N2O3S/c1-17(22,11-6-7-23-9-11)10-18-16(21)13-8-15(20)19-14-5-3-2-4-12(13)14/h2-7,9,13,22H,8,10H2,1H3,(H,18,21)(H,19,20). The van der Waals surface area contributed by atoms with Crippen LogP contribution in [0.2, 0.25) is 0 Å². The Hall–Kier alpha value is -2.18. The van der Waals surface area contributed by atoms with E-state index in [0.29, 0.717) is 5.69 Å². The number of thiophene rings is 1. The fourth-order valence-electron chi connectivity index (χ4n) is 2.70. The summed E-state index contributed by atoms with van der Waals surface area (Å²) >= 11 is 1.49. The first-order chi connectivity index (χ1) is 11.0. The third-order valence-electron chi connectivity index (χ3n) is 4.07. The molecule has 0 spiro atoms. The normalized spacial score (nSPS) is 19.4. The van der Waals surface area contributed by atoms with E-state index < -0.39 is 11.5 Å². The average molecular weight is 330 g/mol. The van der Waals surface area contributed by atoms with Gasteiger partial charge in [-0.05, 0) is 40.9 Å². The van der Waals surface area contributed by atoms with Crippen LogP contribution in [0, 0.1) is 0 Å². The molecule has 1 aliphatic heterocycles. The molecule has 2 amide bonds. The van der Waals surface area contributed by atoms with Crippen molar-refractivity contribution in [3.05, 3.63) is 52.2 Å². The van der Waals surface area contributed by atoms with Crippen LogP contribution in [0.15, 0.2) is 41.1 Å². The molecule has 3 rings (SSSR count). The van der Waals surface area contributed by atoms with Gasteiger partial charge in [0.25, 0.3) is 0 Å². The Bertz CT molecular complexity index is 725. The van der Waals surface area contributed by atoms with Gasteiger partial charge in [0.2, 0.25) is 11.8 Å². The minimum Gasteiger partial charge on any atom is -0.384 e. The number of carbonyl (C=O) groups excluding carboxylic acids is 2. The predicted molar refractivity (Wildman–Crippen MR) is 89.3 cm³/mol. The van der Waals surface area contributed by atoms with E-state index >= 15 is 0 Å². The zero-order valence-corrected chi connectivity index (χ0v) is 13.5. The number of amides is 2. The molecule has 0 saturated carbocycles. The van der Waals surface area contributed by atoms with Crippen molar-refractivity contribution in [2.24, 2.45) is 0 Å². The van der Waals surface area contributed by atoms with Crippen LogP contribution in [-0.2, 0) is 15.2 Å². The van der Waals surface area contributed by atoms with Gasteiger partial charge in [0.1, 0.15) is 5.60 Å². The lowest BCUT2D eigenvalue weighted by Gasteiger charge is -2.27. The van der Waals surface area contributed by atoms with Gasteiger partial charge < -0.3 is 15.7 Å². The van der Waals surface area contributed by atoms with Crippen molar-refractivity contribution >= 4 is 28.8 Å². The first-order valence-electron chi connectivity index (χ1n) is 7.39. The molecule has 0 radical (unpaired) electrons. The Labute approximate surface area is 138 Å². The number of aliphatic hydroxyl groups is 1. The van der Waals surface area contributed by atoms with Gasteiger partial charge in [0.15, 0.2) is 0 Å². The van der Waals surface area contributed by atoms with Crippen molar-refractivity contribution in [3.63, 3.8) is 0 Å². The van der Waals surface area contributed by atoms with Crippen molar-refractivity contribution < 1.29 is 14.7 Å². The Morgan fingerprint density at radius 1 is 1.43 bits per heavy atom. The van der Waals surface area contributed by atoms with Crippen LogP contribution in [0.3, 0.4) is 0 Å². The van der Waals surface area contributed by atoms with Crippen LogP contribution < -0.4 is 10.6 Å². The molecule has 1 aromatic heterocycles. The number of carbonyl (C=O) groups is 2. The molecule has 23 heavy (non-hydrogen) atoms. The van der Waals surface area contributed by atoms with Crippen molar-refractivity contribution in [1.82, 2.24) is 5.32 Å². The van der Waals surface area contributed by atoms with Gasteiger partial charge in [-0.25, -0.2) is 0 Å². The monoisotopic (exact) mass is 330 g/mol. The van der Waals surface area contributed by atoms with E-state index in [9.17, 15) is 14.7 Å². The molecule has 0 aliphatic carbocycles. The summed E-state index contributed by atoms with van der Waals surface area (Å²) in [6.07, 6.45) is 0.115. The van der Waals surface area contributed by atoms with Crippen LogP contribution in [0.1, 0.15) is 30.4 Å². The molecule has 0 saturated heterocycles. The third-order valence-corrected chi connectivity index (χ3v) is 4.75. The second-order valence-electron chi connectivity index (χ2n) is 5.90. The Morgan fingerprint density at radius 3 is 2.96 bits per heavy atom. The maximum absolute atomic E-state index is 12.5. The third kappa shape index (κ3) is 3.28. The van der Waals surface area contributed by atoms with E-state index in [4.69, 9.17) is 0 Å². The number of rotatable bonds is 4. The second kappa shape index (κ2) is 6.14. The SMILES string of the molecule is CC(O)(CNC(=O)C1CC(=O)Nc2ccccc21)c1ccsc1. The van der Waals surface area contributed by atoms with Crippen molar-refractivity contribution in [2.75, 3.05) is 11.9 Å². The molecule has 0 bridgehead atoms. The molecular formula is C17H18N2O3S. The van der Waals surface area contributed by atoms with E-state index in [2.05, 4.69) is 10.6 Å². The summed E-state index contributed by atoms with van der Waals surface area (Å²) in [4.78, 5) is 24.3. The second-order valence-corrected chi connectivity index (χ2v) is 6.68. The first-order valence-corrected chi connectivity index (χ1v) is 8.33. The van der Waals surface area contributed by atoms with Crippen LogP contribution in [0.25, 0.3) is 0 Å². The fraction of sp³-hybridized carbons (Fsp3) is 0.294. The molecule has 5 nitrogen and oxygen atoms in total. The Morgan fingerprint density at radius 2 is 2.22 bits per heavy atom. The highest BCUT2D eigenvalue weighted by atomic mass is 32.1. The minimum absolute atomic E-state index is 0.100. The fourth-order valence-corrected chi connectivity index (χ4v) is 3.48. The lowest BCUT2D eigenvalue weighted by Crippen LogP contribution is -2.42. The highest BCUT2D eigenvalue weighted by molar-refractivity contribution is 7.08. The molecule has 1 aromatic carbocycles. The van der Waals surface area contributed by atoms with Crippen LogP contribution >= 0.6 is 11.3 Å². The van der Waals surface area contributed by atoms with E-state index in [1.807, 2.05) is 35.0 Å². The number of anilines is 1. The number of hydrogen-bond donors (Lipinski definition) is 3. The lowest BCUT2D eigenvalue weighted by molar-refractivity contribution is -0.127. The van der Waals surface area contributed by atoms with Gasteiger partial charge in [0, 0.05) is 12.1 Å².